The molecule has 0 radical (unpaired) electrons. The van der Waals surface area contributed by atoms with Crippen LogP contribution < -0.4 is 4.74 Å². The highest BCUT2D eigenvalue weighted by molar-refractivity contribution is 5.78. The number of aliphatic carboxylic acids is 1. The highest BCUT2D eigenvalue weighted by Gasteiger charge is 2.36. The predicted octanol–water partition coefficient (Wildman–Crippen LogP) is 3.79. The second-order valence-electron chi connectivity index (χ2n) is 5.61. The van der Waals surface area contributed by atoms with E-state index < -0.39 is 5.97 Å². The van der Waals surface area contributed by atoms with Gasteiger partial charge in [0.15, 0.2) is 11.5 Å². The minimum atomic E-state index is -0.981. The number of ether oxygens (including phenoxy) is 1. The first kappa shape index (κ1) is 16.4. The van der Waals surface area contributed by atoms with E-state index in [9.17, 15) is 15.0 Å². The molecular formula is C18H18O5. The van der Waals surface area contributed by atoms with Gasteiger partial charge in [-0.1, -0.05) is 38.6 Å². The van der Waals surface area contributed by atoms with Gasteiger partial charge in [0.25, 0.3) is 0 Å². The number of aromatic hydroxyl groups is 2. The Morgan fingerprint density at radius 1 is 1.09 bits per heavy atom. The second kappa shape index (κ2) is 6.04. The van der Waals surface area contributed by atoms with Crippen molar-refractivity contribution in [3.63, 3.8) is 0 Å². The number of phenols is 2. The SMILES string of the molecule is C=CC(=O)O.CC(C)(c1ccc(O)cc1)c1ccc(O)c2c1O2. The summed E-state index contributed by atoms with van der Waals surface area (Å²) in [7, 11) is 0. The van der Waals surface area contributed by atoms with Crippen LogP contribution in [0.4, 0.5) is 0 Å². The number of hydrogen-bond acceptors (Lipinski definition) is 4. The second-order valence-corrected chi connectivity index (χ2v) is 5.61. The zero-order valence-electron chi connectivity index (χ0n) is 12.9. The summed E-state index contributed by atoms with van der Waals surface area (Å²) < 4.78 is 5.33. The van der Waals surface area contributed by atoms with Crippen LogP contribution in [-0.2, 0) is 10.2 Å². The summed E-state index contributed by atoms with van der Waals surface area (Å²) >= 11 is 0. The molecule has 2 aromatic carbocycles. The Morgan fingerprint density at radius 2 is 1.65 bits per heavy atom. The molecule has 0 unspecified atom stereocenters. The maximum atomic E-state index is 9.51. The Morgan fingerprint density at radius 3 is 2.17 bits per heavy atom. The smallest absolute Gasteiger partial charge is 0.327 e. The summed E-state index contributed by atoms with van der Waals surface area (Å²) in [5.41, 5.74) is 1.90. The first-order valence-electron chi connectivity index (χ1n) is 6.96. The number of rotatable bonds is 3. The summed E-state index contributed by atoms with van der Waals surface area (Å²) in [6, 6.07) is 10.7. The molecule has 0 fully saturated rings. The average Bonchev–Trinajstić information content (AvgIpc) is 3.29. The minimum Gasteiger partial charge on any atom is -0.508 e. The third kappa shape index (κ3) is 3.45. The van der Waals surface area contributed by atoms with E-state index >= 15 is 0 Å². The molecule has 0 aromatic heterocycles. The van der Waals surface area contributed by atoms with E-state index in [-0.39, 0.29) is 16.9 Å². The first-order valence-corrected chi connectivity index (χ1v) is 6.96. The van der Waals surface area contributed by atoms with Gasteiger partial charge in [0, 0.05) is 17.1 Å². The van der Waals surface area contributed by atoms with Gasteiger partial charge < -0.3 is 20.1 Å². The van der Waals surface area contributed by atoms with Crippen LogP contribution in [-0.4, -0.2) is 21.3 Å². The predicted molar refractivity (Wildman–Crippen MR) is 86.2 cm³/mol. The van der Waals surface area contributed by atoms with Crippen LogP contribution in [0.1, 0.15) is 25.0 Å². The number of fused-ring (bicyclic) bond motifs is 1. The highest BCUT2D eigenvalue weighted by Crippen LogP contribution is 2.57. The van der Waals surface area contributed by atoms with Gasteiger partial charge in [-0.2, -0.15) is 0 Å². The number of carboxylic acids is 1. The van der Waals surface area contributed by atoms with Crippen molar-refractivity contribution in [2.24, 2.45) is 0 Å². The van der Waals surface area contributed by atoms with E-state index in [4.69, 9.17) is 9.84 Å². The van der Waals surface area contributed by atoms with E-state index in [1.54, 1.807) is 18.2 Å². The molecule has 3 N–H and O–H groups in total. The van der Waals surface area contributed by atoms with Gasteiger partial charge in [0.1, 0.15) is 5.75 Å². The number of benzene rings is 2. The molecular weight excluding hydrogens is 296 g/mol. The van der Waals surface area contributed by atoms with Crippen LogP contribution in [0.25, 0.3) is 0 Å². The van der Waals surface area contributed by atoms with Crippen LogP contribution >= 0.6 is 0 Å². The lowest BCUT2D eigenvalue weighted by Gasteiger charge is -2.25. The van der Waals surface area contributed by atoms with Crippen LogP contribution in [0, 0.1) is 0 Å². The third-order valence-electron chi connectivity index (χ3n) is 3.69. The Bertz CT molecular complexity index is 745. The van der Waals surface area contributed by atoms with E-state index in [2.05, 4.69) is 20.4 Å². The Hall–Kier alpha value is -2.95. The Kier molecular flexibility index (Phi) is 4.31. The normalized spacial score (nSPS) is 11.4. The molecule has 23 heavy (non-hydrogen) atoms. The summed E-state index contributed by atoms with van der Waals surface area (Å²) in [5, 5.41) is 26.5. The van der Waals surface area contributed by atoms with Gasteiger partial charge in [0.05, 0.1) is 0 Å². The monoisotopic (exact) mass is 314 g/mol. The number of phenolic OH excluding ortho intramolecular Hbond substituents is 2. The maximum Gasteiger partial charge on any atom is 0.327 e. The van der Waals surface area contributed by atoms with Crippen LogP contribution in [0.5, 0.6) is 23.0 Å². The van der Waals surface area contributed by atoms with E-state index in [0.717, 1.165) is 23.0 Å². The molecule has 0 bridgehead atoms. The maximum absolute atomic E-state index is 9.51. The molecule has 0 atom stereocenters. The Labute approximate surface area is 134 Å². The summed E-state index contributed by atoms with van der Waals surface area (Å²) in [4.78, 5) is 9.25. The zero-order valence-corrected chi connectivity index (χ0v) is 12.9. The fourth-order valence-electron chi connectivity index (χ4n) is 2.26. The average molecular weight is 314 g/mol. The lowest BCUT2D eigenvalue weighted by molar-refractivity contribution is -0.131. The molecule has 0 spiro atoms. The molecule has 1 aliphatic rings. The molecule has 2 aromatic rings. The van der Waals surface area contributed by atoms with Gasteiger partial charge in [-0.15, -0.1) is 0 Å². The number of carbonyl (C=O) groups is 1. The third-order valence-corrected chi connectivity index (χ3v) is 3.69. The molecule has 5 nitrogen and oxygen atoms in total. The van der Waals surface area contributed by atoms with Crippen molar-refractivity contribution in [2.45, 2.75) is 19.3 Å². The quantitative estimate of drug-likeness (QED) is 0.505. The first-order chi connectivity index (χ1) is 10.8. The van der Waals surface area contributed by atoms with Gasteiger partial charge in [-0.25, -0.2) is 4.79 Å². The topological polar surface area (TPSA) is 90.3 Å². The minimum absolute atomic E-state index is 0.190. The molecule has 0 aliphatic carbocycles. The molecule has 1 heterocycles. The fourth-order valence-corrected chi connectivity index (χ4v) is 2.26. The largest absolute Gasteiger partial charge is 0.508 e. The van der Waals surface area contributed by atoms with Crippen molar-refractivity contribution in [3.05, 3.63) is 60.2 Å². The van der Waals surface area contributed by atoms with E-state index in [1.807, 2.05) is 18.2 Å². The van der Waals surface area contributed by atoms with Crippen LogP contribution in [0.2, 0.25) is 0 Å². The van der Waals surface area contributed by atoms with Crippen molar-refractivity contribution in [1.82, 2.24) is 0 Å². The molecule has 0 saturated carbocycles. The molecule has 0 amide bonds. The van der Waals surface area contributed by atoms with E-state index in [0.29, 0.717) is 5.75 Å². The van der Waals surface area contributed by atoms with Gasteiger partial charge in [-0.3, -0.25) is 0 Å². The summed E-state index contributed by atoms with van der Waals surface area (Å²) in [6.07, 6.45) is 0.833. The lowest BCUT2D eigenvalue weighted by Crippen LogP contribution is -2.17. The van der Waals surface area contributed by atoms with Crippen LogP contribution in [0.3, 0.4) is 0 Å². The standard InChI is InChI=1S/C15H14O3.C3H4O2/c1-15(2,9-3-5-10(16)6-4-9)11-7-8-12(17)14-13(11)18-14;1-2-3(4)5/h3-8,16-17H,1-2H3;2H,1H2,(H,4,5). The molecule has 5 heteroatoms. The molecule has 0 saturated heterocycles. The highest BCUT2D eigenvalue weighted by atomic mass is 16.6. The van der Waals surface area contributed by atoms with Crippen molar-refractivity contribution in [3.8, 4) is 23.0 Å². The summed E-state index contributed by atoms with van der Waals surface area (Å²) in [5.74, 6) is 0.819. The van der Waals surface area contributed by atoms with Gasteiger partial charge >= 0.3 is 5.97 Å². The van der Waals surface area contributed by atoms with Gasteiger partial charge in [-0.05, 0) is 23.8 Å². The summed E-state index contributed by atoms with van der Waals surface area (Å²) in [6.45, 7) is 7.14. The Balaban J connectivity index is 0.000000338. The van der Waals surface area contributed by atoms with Crippen molar-refractivity contribution >= 4 is 5.97 Å². The molecule has 3 rings (SSSR count). The van der Waals surface area contributed by atoms with E-state index in [1.165, 1.54) is 0 Å². The molecule has 120 valence electrons. The van der Waals surface area contributed by atoms with Crippen LogP contribution in [0.15, 0.2) is 49.1 Å². The fraction of sp³-hybridized carbons (Fsp3) is 0.167. The van der Waals surface area contributed by atoms with Crippen molar-refractivity contribution in [1.29, 1.82) is 0 Å². The zero-order chi connectivity index (χ0) is 17.2. The van der Waals surface area contributed by atoms with Crippen molar-refractivity contribution in [2.75, 3.05) is 0 Å². The van der Waals surface area contributed by atoms with Gasteiger partial charge in [0.2, 0.25) is 5.75 Å². The number of hydrogen-bond donors (Lipinski definition) is 3. The molecule has 1 aliphatic heterocycles. The lowest BCUT2D eigenvalue weighted by atomic mass is 9.78. The number of carboxylic acid groups (broad SMARTS) is 1. The van der Waals surface area contributed by atoms with Crippen molar-refractivity contribution < 1.29 is 24.9 Å².